The molecule has 0 fully saturated rings. The average molecular weight is 455 g/mol. The van der Waals surface area contributed by atoms with Crippen molar-refractivity contribution in [3.8, 4) is 17.2 Å². The van der Waals surface area contributed by atoms with Crippen LogP contribution in [0.5, 0.6) is 17.2 Å². The fourth-order valence-electron chi connectivity index (χ4n) is 3.22. The fraction of sp³-hybridized carbons (Fsp3) is 0.174. The molecule has 0 aliphatic carbocycles. The van der Waals surface area contributed by atoms with E-state index < -0.39 is 22.5 Å². The van der Waals surface area contributed by atoms with Crippen molar-refractivity contribution in [3.05, 3.63) is 72.3 Å². The molecule has 1 aliphatic heterocycles. The quantitative estimate of drug-likeness (QED) is 0.587. The SMILES string of the molecule is COc1cccc(N(CC(=O)Nc2ccc3c(c2)OCO3)S(=O)(=O)c2ccc(C)cc2)c1. The second-order valence-electron chi connectivity index (χ2n) is 7.14. The van der Waals surface area contributed by atoms with Crippen LogP contribution in [0, 0.1) is 6.92 Å². The van der Waals surface area contributed by atoms with Crippen LogP contribution in [0.1, 0.15) is 5.56 Å². The summed E-state index contributed by atoms with van der Waals surface area (Å²) in [4.78, 5) is 12.9. The van der Waals surface area contributed by atoms with Gasteiger partial charge in [-0.1, -0.05) is 23.8 Å². The molecule has 8 nitrogen and oxygen atoms in total. The second-order valence-corrected chi connectivity index (χ2v) is 9.00. The number of carbonyl (C=O) groups excluding carboxylic acids is 1. The summed E-state index contributed by atoms with van der Waals surface area (Å²) in [5.74, 6) is 1.06. The maximum Gasteiger partial charge on any atom is 0.264 e. The molecule has 3 aromatic rings. The molecule has 0 spiro atoms. The van der Waals surface area contributed by atoms with Gasteiger partial charge in [0.1, 0.15) is 12.3 Å². The molecule has 3 aromatic carbocycles. The number of benzene rings is 3. The van der Waals surface area contributed by atoms with Gasteiger partial charge in [-0.2, -0.15) is 0 Å². The normalized spacial score (nSPS) is 12.3. The Balaban J connectivity index is 1.64. The summed E-state index contributed by atoms with van der Waals surface area (Å²) < 4.78 is 43.8. The van der Waals surface area contributed by atoms with Gasteiger partial charge in [0.2, 0.25) is 12.7 Å². The summed E-state index contributed by atoms with van der Waals surface area (Å²) in [5.41, 5.74) is 1.71. The number of hydrogen-bond acceptors (Lipinski definition) is 6. The average Bonchev–Trinajstić information content (AvgIpc) is 3.25. The number of anilines is 2. The van der Waals surface area contributed by atoms with Gasteiger partial charge >= 0.3 is 0 Å². The van der Waals surface area contributed by atoms with Crippen LogP contribution in [0.3, 0.4) is 0 Å². The van der Waals surface area contributed by atoms with Gasteiger partial charge in [0, 0.05) is 17.8 Å². The first kappa shape index (κ1) is 21.5. The van der Waals surface area contributed by atoms with Gasteiger partial charge in [-0.3, -0.25) is 9.10 Å². The highest BCUT2D eigenvalue weighted by Gasteiger charge is 2.28. The number of sulfonamides is 1. The van der Waals surface area contributed by atoms with Gasteiger partial charge in [-0.05, 0) is 43.3 Å². The number of ether oxygens (including phenoxy) is 3. The maximum absolute atomic E-state index is 13.5. The lowest BCUT2D eigenvalue weighted by atomic mass is 10.2. The van der Waals surface area contributed by atoms with Crippen LogP contribution in [-0.4, -0.2) is 34.8 Å². The lowest BCUT2D eigenvalue weighted by Crippen LogP contribution is -2.38. The first-order valence-corrected chi connectivity index (χ1v) is 11.2. The van der Waals surface area contributed by atoms with Crippen molar-refractivity contribution in [1.29, 1.82) is 0 Å². The van der Waals surface area contributed by atoms with E-state index in [1.54, 1.807) is 54.6 Å². The van der Waals surface area contributed by atoms with Crippen LogP contribution in [0.4, 0.5) is 11.4 Å². The summed E-state index contributed by atoms with van der Waals surface area (Å²) in [5, 5.41) is 2.72. The second kappa shape index (κ2) is 8.80. The van der Waals surface area contributed by atoms with E-state index in [0.717, 1.165) is 9.87 Å². The number of methoxy groups -OCH3 is 1. The van der Waals surface area contributed by atoms with E-state index in [4.69, 9.17) is 14.2 Å². The Kier molecular flexibility index (Phi) is 5.91. The molecular formula is C23H22N2O6S. The zero-order valence-electron chi connectivity index (χ0n) is 17.6. The van der Waals surface area contributed by atoms with E-state index in [-0.39, 0.29) is 11.7 Å². The molecule has 1 heterocycles. The summed E-state index contributed by atoms with van der Waals surface area (Å²) in [6, 6.07) is 18.0. The van der Waals surface area contributed by atoms with Crippen LogP contribution in [0.15, 0.2) is 71.6 Å². The van der Waals surface area contributed by atoms with Crippen molar-refractivity contribution < 1.29 is 27.4 Å². The Labute approximate surface area is 186 Å². The van der Waals surface area contributed by atoms with Gasteiger partial charge in [-0.25, -0.2) is 8.42 Å². The molecule has 0 bridgehead atoms. The highest BCUT2D eigenvalue weighted by atomic mass is 32.2. The minimum absolute atomic E-state index is 0.0850. The van der Waals surface area contributed by atoms with Crippen molar-refractivity contribution in [2.24, 2.45) is 0 Å². The number of rotatable bonds is 7. The van der Waals surface area contributed by atoms with E-state index in [1.807, 2.05) is 6.92 Å². The highest BCUT2D eigenvalue weighted by Crippen LogP contribution is 2.34. The summed E-state index contributed by atoms with van der Waals surface area (Å²) in [6.07, 6.45) is 0. The van der Waals surface area contributed by atoms with Crippen LogP contribution in [0.2, 0.25) is 0 Å². The molecule has 0 atom stereocenters. The van der Waals surface area contributed by atoms with E-state index in [0.29, 0.717) is 28.6 Å². The molecule has 166 valence electrons. The Morgan fingerprint density at radius 1 is 1.03 bits per heavy atom. The van der Waals surface area contributed by atoms with Crippen LogP contribution in [0.25, 0.3) is 0 Å². The van der Waals surface area contributed by atoms with Gasteiger partial charge in [-0.15, -0.1) is 0 Å². The molecule has 0 saturated heterocycles. The number of nitrogens with one attached hydrogen (secondary N) is 1. The molecule has 0 radical (unpaired) electrons. The summed E-state index contributed by atoms with van der Waals surface area (Å²) >= 11 is 0. The standard InChI is InChI=1S/C23H22N2O6S/c1-16-6-9-20(10-7-16)32(27,28)25(18-4-3-5-19(13-18)29-2)14-23(26)24-17-8-11-21-22(12-17)31-15-30-21/h3-13H,14-15H2,1-2H3,(H,24,26). The molecule has 0 aromatic heterocycles. The molecule has 0 unspecified atom stereocenters. The minimum atomic E-state index is -4.02. The smallest absolute Gasteiger partial charge is 0.264 e. The van der Waals surface area contributed by atoms with Gasteiger partial charge < -0.3 is 19.5 Å². The molecule has 1 N–H and O–H groups in total. The van der Waals surface area contributed by atoms with Gasteiger partial charge in [0.15, 0.2) is 11.5 Å². The minimum Gasteiger partial charge on any atom is -0.497 e. The van der Waals surface area contributed by atoms with E-state index in [1.165, 1.54) is 19.2 Å². The number of nitrogens with zero attached hydrogens (tertiary/aromatic N) is 1. The predicted octanol–water partition coefficient (Wildman–Crippen LogP) is 3.57. The third kappa shape index (κ3) is 4.47. The Morgan fingerprint density at radius 2 is 1.78 bits per heavy atom. The molecule has 32 heavy (non-hydrogen) atoms. The van der Waals surface area contributed by atoms with Gasteiger partial charge in [0.25, 0.3) is 10.0 Å². The predicted molar refractivity (Wildman–Crippen MR) is 120 cm³/mol. The number of fused-ring (bicyclic) bond motifs is 1. The third-order valence-electron chi connectivity index (χ3n) is 4.89. The van der Waals surface area contributed by atoms with Crippen molar-refractivity contribution in [2.75, 3.05) is 30.1 Å². The zero-order chi connectivity index (χ0) is 22.7. The van der Waals surface area contributed by atoms with Crippen LogP contribution < -0.4 is 23.8 Å². The largest absolute Gasteiger partial charge is 0.497 e. The summed E-state index contributed by atoms with van der Waals surface area (Å²) in [7, 11) is -2.53. The molecule has 1 amide bonds. The van der Waals surface area contributed by atoms with Crippen LogP contribution >= 0.6 is 0 Å². The maximum atomic E-state index is 13.5. The Hall–Kier alpha value is -3.72. The summed E-state index contributed by atoms with van der Waals surface area (Å²) in [6.45, 7) is 1.55. The molecule has 0 saturated carbocycles. The molecule has 4 rings (SSSR count). The third-order valence-corrected chi connectivity index (χ3v) is 6.68. The lowest BCUT2D eigenvalue weighted by Gasteiger charge is -2.24. The lowest BCUT2D eigenvalue weighted by molar-refractivity contribution is -0.114. The van der Waals surface area contributed by atoms with Crippen molar-refractivity contribution in [2.45, 2.75) is 11.8 Å². The van der Waals surface area contributed by atoms with Gasteiger partial charge in [0.05, 0.1) is 17.7 Å². The van der Waals surface area contributed by atoms with Crippen molar-refractivity contribution in [3.63, 3.8) is 0 Å². The Bertz CT molecular complexity index is 1240. The first-order chi connectivity index (χ1) is 15.4. The molecule has 9 heteroatoms. The van der Waals surface area contributed by atoms with Crippen LogP contribution in [-0.2, 0) is 14.8 Å². The highest BCUT2D eigenvalue weighted by molar-refractivity contribution is 7.92. The van der Waals surface area contributed by atoms with E-state index in [2.05, 4.69) is 5.32 Å². The molecule has 1 aliphatic rings. The Morgan fingerprint density at radius 3 is 2.53 bits per heavy atom. The monoisotopic (exact) mass is 454 g/mol. The number of hydrogen-bond donors (Lipinski definition) is 1. The van der Waals surface area contributed by atoms with Crippen molar-refractivity contribution in [1.82, 2.24) is 0 Å². The topological polar surface area (TPSA) is 94.2 Å². The zero-order valence-corrected chi connectivity index (χ0v) is 18.4. The van der Waals surface area contributed by atoms with E-state index >= 15 is 0 Å². The van der Waals surface area contributed by atoms with E-state index in [9.17, 15) is 13.2 Å². The van der Waals surface area contributed by atoms with Crippen molar-refractivity contribution >= 4 is 27.3 Å². The molecular weight excluding hydrogens is 432 g/mol. The number of amides is 1. The fourth-order valence-corrected chi connectivity index (χ4v) is 4.64. The number of aryl methyl sites for hydroxylation is 1. The first-order valence-electron chi connectivity index (χ1n) is 9.80. The number of carbonyl (C=O) groups is 1.